The van der Waals surface area contributed by atoms with Crippen LogP contribution in [0.15, 0.2) is 0 Å². The molecule has 1 aliphatic rings. The maximum absolute atomic E-state index is 5.75. The summed E-state index contributed by atoms with van der Waals surface area (Å²) in [5.74, 6) is 0. The van der Waals surface area contributed by atoms with Gasteiger partial charge in [0.05, 0.1) is 92.5 Å². The van der Waals surface area contributed by atoms with E-state index in [1.807, 2.05) is 0 Å². The molecule has 1 saturated heterocycles. The molecule has 0 N–H and O–H groups in total. The topological polar surface area (TPSA) is 73.8 Å². The van der Waals surface area contributed by atoms with Crippen LogP contribution in [0.3, 0.4) is 0 Å². The first kappa shape index (κ1) is 21.7. The number of hydrogen-bond acceptors (Lipinski definition) is 8. The maximum Gasteiger partial charge on any atom is 0.104 e. The van der Waals surface area contributed by atoms with Crippen LogP contribution in [0, 0.1) is 0 Å². The fourth-order valence-electron chi connectivity index (χ4n) is 1.87. The highest BCUT2D eigenvalue weighted by Gasteiger charge is 2.10. The Morgan fingerprint density at radius 1 is 0.667 bits per heavy atom. The second-order valence-corrected chi connectivity index (χ2v) is 5.08. The van der Waals surface area contributed by atoms with Gasteiger partial charge >= 0.3 is 0 Å². The molecule has 0 spiro atoms. The van der Waals surface area contributed by atoms with E-state index in [1.165, 1.54) is 0 Å². The second kappa shape index (κ2) is 17.5. The minimum absolute atomic E-state index is 0.131. The van der Waals surface area contributed by atoms with Crippen LogP contribution in [0.5, 0.6) is 0 Å². The van der Waals surface area contributed by atoms with Gasteiger partial charge in [0.25, 0.3) is 0 Å². The molecule has 0 aromatic heterocycles. The Balaban J connectivity index is 2.13. The van der Waals surface area contributed by atoms with Gasteiger partial charge in [-0.2, -0.15) is 0 Å². The molecule has 24 heavy (non-hydrogen) atoms. The molecule has 0 aromatic rings. The zero-order valence-electron chi connectivity index (χ0n) is 14.7. The third kappa shape index (κ3) is 14.1. The highest BCUT2D eigenvalue weighted by atomic mass is 16.6. The van der Waals surface area contributed by atoms with Crippen molar-refractivity contribution >= 4 is 0 Å². The normalized spacial score (nSPS) is 22.6. The van der Waals surface area contributed by atoms with Crippen molar-refractivity contribution in [2.24, 2.45) is 0 Å². The van der Waals surface area contributed by atoms with Crippen LogP contribution in [-0.4, -0.2) is 106 Å². The lowest BCUT2D eigenvalue weighted by Gasteiger charge is -2.18. The van der Waals surface area contributed by atoms with Crippen LogP contribution in [0.1, 0.15) is 0 Å². The van der Waals surface area contributed by atoms with Crippen molar-refractivity contribution in [3.05, 3.63) is 0 Å². The average Bonchev–Trinajstić information content (AvgIpc) is 2.60. The van der Waals surface area contributed by atoms with Crippen molar-refractivity contribution in [3.63, 3.8) is 0 Å². The average molecular weight is 352 g/mol. The molecule has 0 radical (unpaired) electrons. The van der Waals surface area contributed by atoms with Gasteiger partial charge in [-0.05, 0) is 0 Å². The Morgan fingerprint density at radius 2 is 1.21 bits per heavy atom. The molecular formula is C16H32O8. The van der Waals surface area contributed by atoms with Gasteiger partial charge in [-0.25, -0.2) is 0 Å². The summed E-state index contributed by atoms with van der Waals surface area (Å²) in [6.45, 7) is 7.48. The van der Waals surface area contributed by atoms with Gasteiger partial charge in [0.2, 0.25) is 0 Å². The van der Waals surface area contributed by atoms with Gasteiger partial charge < -0.3 is 37.9 Å². The fraction of sp³-hybridized carbons (Fsp3) is 1.00. The Labute approximate surface area is 144 Å². The number of methoxy groups -OCH3 is 1. The second-order valence-electron chi connectivity index (χ2n) is 5.08. The standard InChI is InChI=1S/C16H32O8/c1-17-2-3-18-8-10-22-14-16-15-23-11-9-20-5-4-19-6-7-21-12-13-24-16/h16H,2-15H2,1H3. The third-order valence-electron chi connectivity index (χ3n) is 3.11. The van der Waals surface area contributed by atoms with Gasteiger partial charge in [-0.1, -0.05) is 0 Å². The molecular weight excluding hydrogens is 320 g/mol. The van der Waals surface area contributed by atoms with E-state index in [1.54, 1.807) is 7.11 Å². The SMILES string of the molecule is COCCOCCOCC1COCCOCCOCCOCCO1. The summed E-state index contributed by atoms with van der Waals surface area (Å²) in [7, 11) is 1.65. The van der Waals surface area contributed by atoms with Crippen LogP contribution >= 0.6 is 0 Å². The molecule has 8 nitrogen and oxygen atoms in total. The minimum atomic E-state index is -0.131. The molecule has 1 atom stereocenters. The molecule has 144 valence electrons. The van der Waals surface area contributed by atoms with Crippen molar-refractivity contribution in [3.8, 4) is 0 Å². The first-order chi connectivity index (χ1) is 11.9. The van der Waals surface area contributed by atoms with E-state index in [-0.39, 0.29) is 6.10 Å². The molecule has 0 aromatic carbocycles. The molecule has 0 aliphatic carbocycles. The molecule has 1 aliphatic heterocycles. The summed E-state index contributed by atoms with van der Waals surface area (Å²) in [5.41, 5.74) is 0. The summed E-state index contributed by atoms with van der Waals surface area (Å²) >= 11 is 0. The first-order valence-electron chi connectivity index (χ1n) is 8.50. The zero-order chi connectivity index (χ0) is 17.1. The van der Waals surface area contributed by atoms with E-state index in [2.05, 4.69) is 0 Å². The predicted octanol–water partition coefficient (Wildman–Crippen LogP) is 0.131. The molecule has 1 rings (SSSR count). The minimum Gasteiger partial charge on any atom is -0.382 e. The molecule has 1 unspecified atom stereocenters. The van der Waals surface area contributed by atoms with E-state index in [0.29, 0.717) is 92.5 Å². The fourth-order valence-corrected chi connectivity index (χ4v) is 1.87. The zero-order valence-corrected chi connectivity index (χ0v) is 14.7. The lowest BCUT2D eigenvalue weighted by Crippen LogP contribution is -2.28. The maximum atomic E-state index is 5.75. The summed E-state index contributed by atoms with van der Waals surface area (Å²) in [6, 6.07) is 0. The quantitative estimate of drug-likeness (QED) is 0.571. The van der Waals surface area contributed by atoms with Gasteiger partial charge in [-0.3, -0.25) is 0 Å². The molecule has 1 heterocycles. The number of rotatable bonds is 8. The number of hydrogen-bond donors (Lipinski definition) is 0. The van der Waals surface area contributed by atoms with E-state index < -0.39 is 0 Å². The van der Waals surface area contributed by atoms with E-state index in [4.69, 9.17) is 37.9 Å². The molecule has 8 heteroatoms. The van der Waals surface area contributed by atoms with Crippen LogP contribution < -0.4 is 0 Å². The summed E-state index contributed by atoms with van der Waals surface area (Å²) in [6.07, 6.45) is -0.131. The Kier molecular flexibility index (Phi) is 15.8. The smallest absolute Gasteiger partial charge is 0.104 e. The van der Waals surface area contributed by atoms with Gasteiger partial charge in [0.15, 0.2) is 0 Å². The highest BCUT2D eigenvalue weighted by molar-refractivity contribution is 4.56. The summed E-state index contributed by atoms with van der Waals surface area (Å²) in [5, 5.41) is 0. The van der Waals surface area contributed by atoms with Crippen LogP contribution in [0.2, 0.25) is 0 Å². The molecule has 0 amide bonds. The van der Waals surface area contributed by atoms with E-state index in [0.717, 1.165) is 0 Å². The van der Waals surface area contributed by atoms with Crippen LogP contribution in [0.4, 0.5) is 0 Å². The van der Waals surface area contributed by atoms with Crippen molar-refractivity contribution in [2.45, 2.75) is 6.10 Å². The Bertz CT molecular complexity index is 238. The van der Waals surface area contributed by atoms with Crippen LogP contribution in [-0.2, 0) is 37.9 Å². The van der Waals surface area contributed by atoms with Crippen molar-refractivity contribution < 1.29 is 37.9 Å². The Morgan fingerprint density at radius 3 is 1.88 bits per heavy atom. The largest absolute Gasteiger partial charge is 0.382 e. The lowest BCUT2D eigenvalue weighted by molar-refractivity contribution is -0.0831. The van der Waals surface area contributed by atoms with Gasteiger partial charge in [0.1, 0.15) is 6.10 Å². The molecule has 0 saturated carbocycles. The summed E-state index contributed by atoms with van der Waals surface area (Å²) < 4.78 is 43.3. The van der Waals surface area contributed by atoms with Crippen LogP contribution in [0.25, 0.3) is 0 Å². The predicted molar refractivity (Wildman–Crippen MR) is 86.5 cm³/mol. The van der Waals surface area contributed by atoms with E-state index >= 15 is 0 Å². The first-order valence-corrected chi connectivity index (χ1v) is 8.50. The highest BCUT2D eigenvalue weighted by Crippen LogP contribution is 1.97. The van der Waals surface area contributed by atoms with Gasteiger partial charge in [-0.15, -0.1) is 0 Å². The lowest BCUT2D eigenvalue weighted by atomic mass is 10.4. The van der Waals surface area contributed by atoms with Crippen molar-refractivity contribution in [2.75, 3.05) is 99.6 Å². The van der Waals surface area contributed by atoms with Crippen molar-refractivity contribution in [1.29, 1.82) is 0 Å². The van der Waals surface area contributed by atoms with Crippen molar-refractivity contribution in [1.82, 2.24) is 0 Å². The third-order valence-corrected chi connectivity index (χ3v) is 3.11. The van der Waals surface area contributed by atoms with E-state index in [9.17, 15) is 0 Å². The molecule has 1 fully saturated rings. The molecule has 0 bridgehead atoms. The summed E-state index contributed by atoms with van der Waals surface area (Å²) in [4.78, 5) is 0. The Hall–Kier alpha value is -0.320. The number of ether oxygens (including phenoxy) is 8. The monoisotopic (exact) mass is 352 g/mol. The van der Waals surface area contributed by atoms with Gasteiger partial charge in [0, 0.05) is 7.11 Å².